The number of nitrogens with one attached hydrogen (secondary N) is 7. The van der Waals surface area contributed by atoms with Crippen molar-refractivity contribution in [2.45, 2.75) is 108 Å². The minimum absolute atomic E-state index is 0.138. The minimum atomic E-state index is -1.90. The molecule has 0 bridgehead atoms. The van der Waals surface area contributed by atoms with Crippen molar-refractivity contribution < 1.29 is 68.4 Å². The number of carboxylic acid groups (broad SMARTS) is 4. The van der Waals surface area contributed by atoms with Gasteiger partial charge in [-0.15, -0.1) is 0 Å². The molecule has 22 heteroatoms. The molecule has 0 saturated heterocycles. The molecule has 0 saturated carbocycles. The molecule has 0 fully saturated rings. The normalized spacial score (nSPS) is 14.3. The number of H-pyrrole nitrogens is 1. The van der Waals surface area contributed by atoms with Gasteiger partial charge in [0.05, 0.1) is 12.5 Å². The number of amides is 6. The van der Waals surface area contributed by atoms with Crippen molar-refractivity contribution in [1.29, 1.82) is 0 Å². The van der Waals surface area contributed by atoms with Gasteiger partial charge in [-0.05, 0) is 42.9 Å². The summed E-state index contributed by atoms with van der Waals surface area (Å²) in [5.74, 6) is -12.5. The van der Waals surface area contributed by atoms with Crippen molar-refractivity contribution in [2.75, 3.05) is 0 Å². The number of rotatable bonds is 26. The predicted molar refractivity (Wildman–Crippen MR) is 226 cm³/mol. The number of hydrogen-bond acceptors (Lipinski definition) is 11. The van der Waals surface area contributed by atoms with E-state index < -0.39 is 140 Å². The van der Waals surface area contributed by atoms with Crippen molar-refractivity contribution in [1.82, 2.24) is 36.9 Å². The second-order valence-electron chi connectivity index (χ2n) is 15.4. The molecule has 64 heavy (non-hydrogen) atoms. The van der Waals surface area contributed by atoms with Crippen LogP contribution in [0.5, 0.6) is 0 Å². The fourth-order valence-corrected chi connectivity index (χ4v) is 6.41. The number of benzene rings is 2. The molecular weight excluding hydrogens is 841 g/mol. The van der Waals surface area contributed by atoms with Gasteiger partial charge >= 0.3 is 23.9 Å². The third-order valence-electron chi connectivity index (χ3n) is 9.86. The summed E-state index contributed by atoms with van der Waals surface area (Å²) < 4.78 is 0. The van der Waals surface area contributed by atoms with Gasteiger partial charge in [0.2, 0.25) is 35.4 Å². The zero-order valence-corrected chi connectivity index (χ0v) is 35.3. The van der Waals surface area contributed by atoms with Gasteiger partial charge in [-0.3, -0.25) is 43.2 Å². The number of carbonyl (C=O) groups is 10. The summed E-state index contributed by atoms with van der Waals surface area (Å²) in [7, 11) is 0. The Labute approximate surface area is 366 Å². The van der Waals surface area contributed by atoms with Crippen molar-refractivity contribution in [3.05, 3.63) is 71.9 Å². The Morgan fingerprint density at radius 1 is 0.547 bits per heavy atom. The highest BCUT2D eigenvalue weighted by Gasteiger charge is 2.35. The van der Waals surface area contributed by atoms with E-state index >= 15 is 0 Å². The molecule has 6 amide bonds. The Hall–Kier alpha value is -7.36. The monoisotopic (exact) mass is 894 g/mol. The fraction of sp³-hybridized carbons (Fsp3) is 0.429. The lowest BCUT2D eigenvalue weighted by Crippen LogP contribution is -2.60. The molecule has 346 valence electrons. The maximum atomic E-state index is 14.0. The van der Waals surface area contributed by atoms with Crippen molar-refractivity contribution in [3.8, 4) is 0 Å². The first-order valence-corrected chi connectivity index (χ1v) is 20.2. The molecule has 7 atom stereocenters. The summed E-state index contributed by atoms with van der Waals surface area (Å²) >= 11 is 0. The van der Waals surface area contributed by atoms with Gasteiger partial charge < -0.3 is 63.0 Å². The van der Waals surface area contributed by atoms with Gasteiger partial charge in [0.1, 0.15) is 36.3 Å². The SMILES string of the molecule is CC(C)[C@H](NC(=O)[C@H](CCC(=O)O)NC(=O)[C@H](Cc1ccccc1)NC(=O)[C@H](CCC(=O)O)NC(=O)[C@H](CC(=O)O)NC(=O)[C@H](Cc1c[nH]c2ccccc12)NC(=O)[C@H](C)N)C(=O)O. The Morgan fingerprint density at radius 3 is 1.52 bits per heavy atom. The number of hydrogen-bond donors (Lipinski definition) is 12. The molecule has 0 spiro atoms. The quantitative estimate of drug-likeness (QED) is 0.0467. The van der Waals surface area contributed by atoms with Gasteiger partial charge in [0.15, 0.2) is 0 Å². The van der Waals surface area contributed by atoms with E-state index in [1.807, 2.05) is 0 Å². The van der Waals surface area contributed by atoms with E-state index in [9.17, 15) is 68.4 Å². The zero-order chi connectivity index (χ0) is 47.7. The molecule has 1 heterocycles. The van der Waals surface area contributed by atoms with Crippen LogP contribution in [0.2, 0.25) is 0 Å². The third kappa shape index (κ3) is 16.2. The number of para-hydroxylation sites is 1. The zero-order valence-electron chi connectivity index (χ0n) is 35.3. The van der Waals surface area contributed by atoms with Crippen LogP contribution in [0.25, 0.3) is 10.9 Å². The van der Waals surface area contributed by atoms with Crippen LogP contribution in [0.4, 0.5) is 0 Å². The molecular formula is C42H54N8O14. The molecule has 1 aromatic heterocycles. The van der Waals surface area contributed by atoms with Gasteiger partial charge in [-0.25, -0.2) is 4.79 Å². The van der Waals surface area contributed by atoms with Crippen LogP contribution in [-0.2, 0) is 60.8 Å². The molecule has 0 aliphatic carbocycles. The maximum Gasteiger partial charge on any atom is 0.326 e. The van der Waals surface area contributed by atoms with Crippen molar-refractivity contribution in [3.63, 3.8) is 0 Å². The van der Waals surface area contributed by atoms with Gasteiger partial charge in [-0.2, -0.15) is 0 Å². The van der Waals surface area contributed by atoms with Crippen LogP contribution in [0.1, 0.15) is 64.0 Å². The second kappa shape index (κ2) is 24.3. The summed E-state index contributed by atoms with van der Waals surface area (Å²) in [6, 6.07) is 4.38. The Morgan fingerprint density at radius 2 is 1.00 bits per heavy atom. The second-order valence-corrected chi connectivity index (χ2v) is 15.4. The standard InChI is InChI=1S/C42H54N8O14/c1-21(2)35(42(63)64)50-38(59)28(14-16-33(53)54)46-39(60)29(17-23-9-5-4-6-10-23)48-37(58)27(13-15-32(51)52)45-41(62)31(19-34(55)56)49-40(61)30(47-36(57)22(3)43)18-24-20-44-26-12-8-7-11-25(24)26/h4-12,20-22,27-31,35,44H,13-19,43H2,1-3H3,(H,45,62)(H,46,60)(H,47,57)(H,48,58)(H,49,61)(H,50,59)(H,51,52)(H,53,54)(H,55,56)(H,63,64)/t22-,27-,28-,29-,30-,31-,35-/m0/s1. The largest absolute Gasteiger partial charge is 0.481 e. The first-order valence-electron chi connectivity index (χ1n) is 20.2. The molecule has 13 N–H and O–H groups in total. The Bertz CT molecular complexity index is 2180. The van der Waals surface area contributed by atoms with E-state index in [2.05, 4.69) is 36.9 Å². The summed E-state index contributed by atoms with van der Waals surface area (Å²) in [4.78, 5) is 132. The van der Waals surface area contributed by atoms with E-state index in [0.29, 0.717) is 22.0 Å². The summed E-state index contributed by atoms with van der Waals surface area (Å²) in [6.07, 6.45) is -2.29. The lowest BCUT2D eigenvalue weighted by atomic mass is 10.0. The minimum Gasteiger partial charge on any atom is -0.481 e. The average molecular weight is 895 g/mol. The lowest BCUT2D eigenvalue weighted by molar-refractivity contribution is -0.144. The Kier molecular flexibility index (Phi) is 19.4. The predicted octanol–water partition coefficient (Wildman–Crippen LogP) is -0.846. The van der Waals surface area contributed by atoms with Crippen LogP contribution in [0.15, 0.2) is 60.8 Å². The highest BCUT2D eigenvalue weighted by molar-refractivity contribution is 5.98. The summed E-state index contributed by atoms with van der Waals surface area (Å²) in [6.45, 7) is 4.39. The molecule has 0 aliphatic rings. The molecule has 2 aromatic carbocycles. The maximum absolute atomic E-state index is 14.0. The van der Waals surface area contributed by atoms with Gasteiger partial charge in [-0.1, -0.05) is 62.4 Å². The number of carboxylic acids is 4. The fourth-order valence-electron chi connectivity index (χ4n) is 6.41. The number of aromatic nitrogens is 1. The van der Waals surface area contributed by atoms with E-state index in [1.165, 1.54) is 20.8 Å². The number of aliphatic carboxylic acids is 4. The number of carbonyl (C=O) groups excluding carboxylic acids is 6. The van der Waals surface area contributed by atoms with Crippen molar-refractivity contribution >= 4 is 70.2 Å². The highest BCUT2D eigenvalue weighted by Crippen LogP contribution is 2.19. The average Bonchev–Trinajstić information content (AvgIpc) is 3.63. The van der Waals surface area contributed by atoms with E-state index in [0.717, 1.165) is 0 Å². The molecule has 22 nitrogen and oxygen atoms in total. The van der Waals surface area contributed by atoms with Crippen LogP contribution >= 0.6 is 0 Å². The van der Waals surface area contributed by atoms with Crippen LogP contribution < -0.4 is 37.6 Å². The van der Waals surface area contributed by atoms with Gasteiger partial charge in [0.25, 0.3) is 0 Å². The van der Waals surface area contributed by atoms with Gasteiger partial charge in [0, 0.05) is 42.8 Å². The molecule has 3 aromatic rings. The number of fused-ring (bicyclic) bond motifs is 1. The van der Waals surface area contributed by atoms with Crippen LogP contribution in [0, 0.1) is 5.92 Å². The first-order chi connectivity index (χ1) is 30.2. The number of nitrogens with two attached hydrogens (primary N) is 1. The summed E-state index contributed by atoms with van der Waals surface area (Å²) in [5.41, 5.74) is 7.49. The molecule has 0 radical (unpaired) electrons. The topological polar surface area (TPSA) is 366 Å². The smallest absolute Gasteiger partial charge is 0.326 e. The Balaban J connectivity index is 1.93. The summed E-state index contributed by atoms with van der Waals surface area (Å²) in [5, 5.41) is 53.0. The molecule has 0 aliphatic heterocycles. The first kappa shape index (κ1) is 51.0. The number of aromatic amines is 1. The van der Waals surface area contributed by atoms with Crippen molar-refractivity contribution in [2.24, 2.45) is 11.7 Å². The van der Waals surface area contributed by atoms with E-state index in [1.54, 1.807) is 60.8 Å². The molecule has 3 rings (SSSR count). The molecule has 0 unspecified atom stereocenters. The lowest BCUT2D eigenvalue weighted by Gasteiger charge is -2.27. The van der Waals surface area contributed by atoms with E-state index in [-0.39, 0.29) is 12.8 Å². The third-order valence-corrected chi connectivity index (χ3v) is 9.86. The highest BCUT2D eigenvalue weighted by atomic mass is 16.4. The van der Waals surface area contributed by atoms with Crippen LogP contribution in [0.3, 0.4) is 0 Å². The van der Waals surface area contributed by atoms with E-state index in [4.69, 9.17) is 5.73 Å². The van der Waals surface area contributed by atoms with Crippen LogP contribution in [-0.4, -0.2) is 127 Å².